The minimum absolute atomic E-state index is 0.673. The van der Waals surface area contributed by atoms with Crippen molar-refractivity contribution in [2.75, 3.05) is 13.2 Å². The molecule has 0 radical (unpaired) electrons. The van der Waals surface area contributed by atoms with Crippen LogP contribution in [0.4, 0.5) is 0 Å². The Morgan fingerprint density at radius 3 is 2.67 bits per heavy atom. The summed E-state index contributed by atoms with van der Waals surface area (Å²) in [6.07, 6.45) is 2.60. The lowest BCUT2D eigenvalue weighted by atomic mass is 10.1. The molecule has 3 rings (SSSR count). The summed E-state index contributed by atoms with van der Waals surface area (Å²) >= 11 is 5.97. The van der Waals surface area contributed by atoms with Gasteiger partial charge in [0.1, 0.15) is 0 Å². The summed E-state index contributed by atoms with van der Waals surface area (Å²) in [6.45, 7) is 1.38. The lowest BCUT2D eigenvalue weighted by Gasteiger charge is -2.09. The van der Waals surface area contributed by atoms with Crippen molar-refractivity contribution in [1.82, 2.24) is 4.98 Å². The quantitative estimate of drug-likeness (QED) is 0.787. The molecule has 3 nitrogen and oxygen atoms in total. The van der Waals surface area contributed by atoms with Gasteiger partial charge in [0.2, 0.25) is 0 Å². The second-order valence-corrected chi connectivity index (χ2v) is 4.51. The van der Waals surface area contributed by atoms with Crippen LogP contribution in [0.1, 0.15) is 6.42 Å². The molecule has 18 heavy (non-hydrogen) atoms. The van der Waals surface area contributed by atoms with Crippen molar-refractivity contribution in [2.24, 2.45) is 0 Å². The van der Waals surface area contributed by atoms with Gasteiger partial charge in [0.25, 0.3) is 0 Å². The average molecular weight is 262 g/mol. The fraction of sp³-hybridized carbons (Fsp3) is 0.214. The minimum atomic E-state index is 0.673. The van der Waals surface area contributed by atoms with Crippen LogP contribution in [0.15, 0.2) is 36.5 Å². The van der Waals surface area contributed by atoms with E-state index in [0.717, 1.165) is 29.2 Å². The van der Waals surface area contributed by atoms with Crippen LogP contribution in [0.2, 0.25) is 5.02 Å². The van der Waals surface area contributed by atoms with E-state index in [1.807, 2.05) is 24.3 Å². The molecule has 4 heteroatoms. The molecule has 0 aliphatic carbocycles. The van der Waals surface area contributed by atoms with E-state index in [1.54, 1.807) is 12.3 Å². The van der Waals surface area contributed by atoms with Gasteiger partial charge < -0.3 is 9.47 Å². The van der Waals surface area contributed by atoms with Crippen molar-refractivity contribution >= 4 is 11.6 Å². The van der Waals surface area contributed by atoms with Crippen LogP contribution in [-0.2, 0) is 0 Å². The van der Waals surface area contributed by atoms with Crippen LogP contribution in [0.3, 0.4) is 0 Å². The smallest absolute Gasteiger partial charge is 0.161 e. The van der Waals surface area contributed by atoms with Gasteiger partial charge in [-0.25, -0.2) is 0 Å². The van der Waals surface area contributed by atoms with Crippen molar-refractivity contribution < 1.29 is 9.47 Å². The summed E-state index contributed by atoms with van der Waals surface area (Å²) in [6, 6.07) is 9.42. The van der Waals surface area contributed by atoms with Gasteiger partial charge in [-0.2, -0.15) is 0 Å². The third kappa shape index (κ3) is 2.27. The molecule has 0 saturated heterocycles. The number of halogens is 1. The lowest BCUT2D eigenvalue weighted by molar-refractivity contribution is 0.297. The molecular formula is C14H12ClNO2. The maximum absolute atomic E-state index is 5.97. The molecule has 0 bridgehead atoms. The highest BCUT2D eigenvalue weighted by Gasteiger charge is 2.11. The summed E-state index contributed by atoms with van der Waals surface area (Å²) in [5, 5.41) is 0.673. The number of hydrogen-bond acceptors (Lipinski definition) is 3. The molecule has 2 heterocycles. The number of rotatable bonds is 1. The maximum Gasteiger partial charge on any atom is 0.161 e. The zero-order valence-electron chi connectivity index (χ0n) is 9.73. The predicted octanol–water partition coefficient (Wildman–Crippen LogP) is 3.56. The molecule has 1 aromatic heterocycles. The second-order valence-electron chi connectivity index (χ2n) is 4.07. The second kappa shape index (κ2) is 4.86. The van der Waals surface area contributed by atoms with E-state index in [1.165, 1.54) is 0 Å². The number of aromatic nitrogens is 1. The Hall–Kier alpha value is -1.74. The standard InChI is InChI=1S/C14H12ClNO2/c15-11-4-5-16-12(9-11)10-2-3-13-14(8-10)18-7-1-6-17-13/h2-5,8-9H,1,6-7H2. The number of pyridine rings is 1. The highest BCUT2D eigenvalue weighted by Crippen LogP contribution is 2.33. The molecule has 0 atom stereocenters. The summed E-state index contributed by atoms with van der Waals surface area (Å²) in [4.78, 5) is 4.30. The molecule has 0 saturated carbocycles. The molecule has 1 aromatic carbocycles. The summed E-state index contributed by atoms with van der Waals surface area (Å²) < 4.78 is 11.2. The minimum Gasteiger partial charge on any atom is -0.490 e. The van der Waals surface area contributed by atoms with Crippen molar-refractivity contribution in [3.63, 3.8) is 0 Å². The van der Waals surface area contributed by atoms with Gasteiger partial charge in [0.15, 0.2) is 11.5 Å². The summed E-state index contributed by atoms with van der Waals surface area (Å²) in [7, 11) is 0. The Bertz CT molecular complexity index is 571. The zero-order valence-corrected chi connectivity index (χ0v) is 10.5. The Morgan fingerprint density at radius 2 is 1.83 bits per heavy atom. The Morgan fingerprint density at radius 1 is 1.00 bits per heavy atom. The number of fused-ring (bicyclic) bond motifs is 1. The van der Waals surface area contributed by atoms with Crippen molar-refractivity contribution in [1.29, 1.82) is 0 Å². The van der Waals surface area contributed by atoms with E-state index >= 15 is 0 Å². The first kappa shape index (κ1) is 11.4. The van der Waals surface area contributed by atoms with Gasteiger partial charge in [-0.1, -0.05) is 11.6 Å². The van der Waals surface area contributed by atoms with Crippen LogP contribution >= 0.6 is 11.6 Å². The van der Waals surface area contributed by atoms with Crippen LogP contribution in [0.5, 0.6) is 11.5 Å². The van der Waals surface area contributed by atoms with E-state index < -0.39 is 0 Å². The zero-order chi connectivity index (χ0) is 12.4. The van der Waals surface area contributed by atoms with E-state index in [0.29, 0.717) is 18.2 Å². The van der Waals surface area contributed by atoms with Crippen molar-refractivity contribution in [3.8, 4) is 22.8 Å². The van der Waals surface area contributed by atoms with Crippen LogP contribution in [0.25, 0.3) is 11.3 Å². The van der Waals surface area contributed by atoms with Gasteiger partial charge in [-0.05, 0) is 30.3 Å². The van der Waals surface area contributed by atoms with E-state index in [9.17, 15) is 0 Å². The van der Waals surface area contributed by atoms with Crippen LogP contribution in [-0.4, -0.2) is 18.2 Å². The molecule has 0 unspecified atom stereocenters. The Labute approximate surface area is 110 Å². The first-order valence-corrected chi connectivity index (χ1v) is 6.22. The van der Waals surface area contributed by atoms with E-state index in [4.69, 9.17) is 21.1 Å². The molecule has 1 aliphatic rings. The first-order valence-electron chi connectivity index (χ1n) is 5.84. The van der Waals surface area contributed by atoms with Crippen molar-refractivity contribution in [2.45, 2.75) is 6.42 Å². The fourth-order valence-electron chi connectivity index (χ4n) is 1.89. The Balaban J connectivity index is 2.01. The summed E-state index contributed by atoms with van der Waals surface area (Å²) in [5.41, 5.74) is 1.81. The Kier molecular flexibility index (Phi) is 3.07. The lowest BCUT2D eigenvalue weighted by Crippen LogP contribution is -1.97. The van der Waals surface area contributed by atoms with Gasteiger partial charge in [0, 0.05) is 23.2 Å². The third-order valence-corrected chi connectivity index (χ3v) is 3.00. The van der Waals surface area contributed by atoms with Crippen molar-refractivity contribution in [3.05, 3.63) is 41.6 Å². The van der Waals surface area contributed by atoms with Crippen LogP contribution < -0.4 is 9.47 Å². The SMILES string of the molecule is Clc1ccnc(-c2ccc3c(c2)OCCCO3)c1. The van der Waals surface area contributed by atoms with Crippen LogP contribution in [0, 0.1) is 0 Å². The summed E-state index contributed by atoms with van der Waals surface area (Å²) in [5.74, 6) is 1.56. The monoisotopic (exact) mass is 261 g/mol. The predicted molar refractivity (Wildman–Crippen MR) is 70.3 cm³/mol. The van der Waals surface area contributed by atoms with E-state index in [-0.39, 0.29) is 0 Å². The number of ether oxygens (including phenoxy) is 2. The molecule has 0 spiro atoms. The molecular weight excluding hydrogens is 250 g/mol. The topological polar surface area (TPSA) is 31.4 Å². The molecule has 0 amide bonds. The first-order chi connectivity index (χ1) is 8.83. The normalized spacial score (nSPS) is 14.1. The highest BCUT2D eigenvalue weighted by atomic mass is 35.5. The third-order valence-electron chi connectivity index (χ3n) is 2.77. The molecule has 92 valence electrons. The van der Waals surface area contributed by atoms with Gasteiger partial charge in [-0.3, -0.25) is 4.98 Å². The molecule has 2 aromatic rings. The number of hydrogen-bond donors (Lipinski definition) is 0. The number of benzene rings is 1. The largest absolute Gasteiger partial charge is 0.490 e. The number of nitrogens with zero attached hydrogens (tertiary/aromatic N) is 1. The van der Waals surface area contributed by atoms with Gasteiger partial charge >= 0.3 is 0 Å². The van der Waals surface area contributed by atoms with Gasteiger partial charge in [-0.15, -0.1) is 0 Å². The molecule has 0 N–H and O–H groups in total. The molecule has 0 fully saturated rings. The molecule has 1 aliphatic heterocycles. The fourth-order valence-corrected chi connectivity index (χ4v) is 2.04. The average Bonchev–Trinajstić information content (AvgIpc) is 2.63. The highest BCUT2D eigenvalue weighted by molar-refractivity contribution is 6.30. The van der Waals surface area contributed by atoms with Gasteiger partial charge in [0.05, 0.1) is 18.9 Å². The van der Waals surface area contributed by atoms with E-state index in [2.05, 4.69) is 4.98 Å². The maximum atomic E-state index is 5.97.